The number of nitrogens with one attached hydrogen (secondary N) is 1. The molecule has 0 saturated heterocycles. The normalized spacial score (nSPS) is 19.5. The molecule has 108 valence electrons. The zero-order valence-electron chi connectivity index (χ0n) is 11.5. The number of hydrogen-bond acceptors (Lipinski definition) is 4. The van der Waals surface area contributed by atoms with E-state index in [4.69, 9.17) is 5.73 Å². The molecule has 0 amide bonds. The van der Waals surface area contributed by atoms with Crippen LogP contribution in [0.15, 0.2) is 11.4 Å². The van der Waals surface area contributed by atoms with Crippen LogP contribution in [0.4, 0.5) is 5.82 Å². The number of aryl methyl sites for hydroxylation is 1. The molecule has 0 radical (unpaired) electrons. The molecule has 1 fully saturated rings. The number of rotatable bonds is 4. The van der Waals surface area contributed by atoms with E-state index < -0.39 is 10.0 Å². The zero-order valence-corrected chi connectivity index (χ0v) is 12.3. The summed E-state index contributed by atoms with van der Waals surface area (Å²) in [6.45, 7) is 2.60. The van der Waals surface area contributed by atoms with Gasteiger partial charge < -0.3 is 10.3 Å². The van der Waals surface area contributed by atoms with Crippen LogP contribution in [0.5, 0.6) is 0 Å². The minimum atomic E-state index is -3.59. The number of anilines is 1. The Morgan fingerprint density at radius 3 is 2.58 bits per heavy atom. The van der Waals surface area contributed by atoms with Crippen molar-refractivity contribution in [1.29, 1.82) is 0 Å². The van der Waals surface area contributed by atoms with E-state index in [1.54, 1.807) is 7.05 Å². The van der Waals surface area contributed by atoms with Crippen LogP contribution in [0.25, 0.3) is 0 Å². The van der Waals surface area contributed by atoms with E-state index in [2.05, 4.69) is 16.6 Å². The molecule has 0 bridgehead atoms. The maximum atomic E-state index is 12.3. The lowest BCUT2D eigenvalue weighted by Crippen LogP contribution is -2.37. The standard InChI is InChI=1S/C12H22N4O2S/c1-12(6-4-3-5-7-12)8-15-19(17,18)11-10(13)14-9-16(11)2/h9,15H,3-8,13H2,1-2H3. The van der Waals surface area contributed by atoms with Gasteiger partial charge in [-0.2, -0.15) is 0 Å². The van der Waals surface area contributed by atoms with Crippen molar-refractivity contribution in [1.82, 2.24) is 14.3 Å². The van der Waals surface area contributed by atoms with E-state index in [9.17, 15) is 8.42 Å². The summed E-state index contributed by atoms with van der Waals surface area (Å²) in [5.74, 6) is 0.0452. The van der Waals surface area contributed by atoms with E-state index in [0.29, 0.717) is 6.54 Å². The molecular formula is C12H22N4O2S. The molecule has 7 heteroatoms. The van der Waals surface area contributed by atoms with Crippen LogP contribution in [0.2, 0.25) is 0 Å². The second-order valence-electron chi connectivity index (χ2n) is 5.74. The van der Waals surface area contributed by atoms with Gasteiger partial charge >= 0.3 is 0 Å². The summed E-state index contributed by atoms with van der Waals surface area (Å²) in [5, 5.41) is 0.0481. The Kier molecular flexibility index (Phi) is 3.87. The number of nitrogen functional groups attached to an aromatic ring is 1. The van der Waals surface area contributed by atoms with Crippen LogP contribution in [-0.2, 0) is 17.1 Å². The minimum Gasteiger partial charge on any atom is -0.381 e. The highest BCUT2D eigenvalue weighted by atomic mass is 32.2. The molecule has 3 N–H and O–H groups in total. The Morgan fingerprint density at radius 2 is 2.05 bits per heavy atom. The molecule has 1 aliphatic carbocycles. The van der Waals surface area contributed by atoms with Gasteiger partial charge in [-0.05, 0) is 18.3 Å². The molecule has 6 nitrogen and oxygen atoms in total. The van der Waals surface area contributed by atoms with Gasteiger partial charge in [0.05, 0.1) is 6.33 Å². The maximum absolute atomic E-state index is 12.3. The predicted octanol–water partition coefficient (Wildman–Crippen LogP) is 1.25. The van der Waals surface area contributed by atoms with Crippen LogP contribution in [0, 0.1) is 5.41 Å². The molecule has 19 heavy (non-hydrogen) atoms. The fraction of sp³-hybridized carbons (Fsp3) is 0.750. The second kappa shape index (κ2) is 5.13. The zero-order chi connectivity index (χ0) is 14.1. The molecule has 1 heterocycles. The van der Waals surface area contributed by atoms with Gasteiger partial charge in [-0.3, -0.25) is 0 Å². The molecule has 1 saturated carbocycles. The first kappa shape index (κ1) is 14.3. The quantitative estimate of drug-likeness (QED) is 0.871. The molecule has 1 aliphatic rings. The van der Waals surface area contributed by atoms with Crippen LogP contribution >= 0.6 is 0 Å². The van der Waals surface area contributed by atoms with E-state index in [-0.39, 0.29) is 16.3 Å². The maximum Gasteiger partial charge on any atom is 0.260 e. The third kappa shape index (κ3) is 3.09. The van der Waals surface area contributed by atoms with Gasteiger partial charge in [-0.15, -0.1) is 0 Å². The molecule has 0 aromatic carbocycles. The lowest BCUT2D eigenvalue weighted by molar-refractivity contribution is 0.219. The van der Waals surface area contributed by atoms with Gasteiger partial charge in [-0.25, -0.2) is 18.1 Å². The molecule has 0 atom stereocenters. The highest BCUT2D eigenvalue weighted by Gasteiger charge is 2.30. The Morgan fingerprint density at radius 1 is 1.42 bits per heavy atom. The minimum absolute atomic E-state index is 0.0452. The molecule has 0 spiro atoms. The number of sulfonamides is 1. The molecule has 1 aromatic heterocycles. The first-order valence-electron chi connectivity index (χ1n) is 6.61. The first-order valence-corrected chi connectivity index (χ1v) is 8.09. The number of hydrogen-bond donors (Lipinski definition) is 2. The number of imidazole rings is 1. The summed E-state index contributed by atoms with van der Waals surface area (Å²) in [5.41, 5.74) is 5.67. The van der Waals surface area contributed by atoms with Crippen molar-refractivity contribution in [3.8, 4) is 0 Å². The van der Waals surface area contributed by atoms with E-state index in [1.165, 1.54) is 30.2 Å². The molecule has 0 aliphatic heterocycles. The molecule has 2 rings (SSSR count). The molecule has 1 aromatic rings. The van der Waals surface area contributed by atoms with E-state index >= 15 is 0 Å². The van der Waals surface area contributed by atoms with Gasteiger partial charge in [0.15, 0.2) is 10.8 Å². The van der Waals surface area contributed by atoms with Crippen LogP contribution < -0.4 is 10.5 Å². The second-order valence-corrected chi connectivity index (χ2v) is 7.42. The lowest BCUT2D eigenvalue weighted by Gasteiger charge is -2.33. The van der Waals surface area contributed by atoms with Crippen molar-refractivity contribution in [2.75, 3.05) is 12.3 Å². The average Bonchev–Trinajstić information content (AvgIpc) is 2.68. The predicted molar refractivity (Wildman–Crippen MR) is 74.0 cm³/mol. The Balaban J connectivity index is 2.10. The fourth-order valence-electron chi connectivity index (χ4n) is 2.68. The SMILES string of the molecule is Cn1cnc(N)c1S(=O)(=O)NCC1(C)CCCCC1. The van der Waals surface area contributed by atoms with Crippen molar-refractivity contribution in [3.05, 3.63) is 6.33 Å². The third-order valence-corrected chi connectivity index (χ3v) is 5.44. The molecule has 0 unspecified atom stereocenters. The summed E-state index contributed by atoms with van der Waals surface area (Å²) in [7, 11) is -1.97. The lowest BCUT2D eigenvalue weighted by atomic mass is 9.76. The Bertz CT molecular complexity index is 525. The monoisotopic (exact) mass is 286 g/mol. The van der Waals surface area contributed by atoms with Crippen molar-refractivity contribution in [2.24, 2.45) is 12.5 Å². The van der Waals surface area contributed by atoms with Crippen LogP contribution in [0.3, 0.4) is 0 Å². The summed E-state index contributed by atoms with van der Waals surface area (Å²) in [6, 6.07) is 0. The average molecular weight is 286 g/mol. The van der Waals surface area contributed by atoms with Crippen molar-refractivity contribution in [2.45, 2.75) is 44.1 Å². The highest BCUT2D eigenvalue weighted by molar-refractivity contribution is 7.89. The Hall–Kier alpha value is -1.08. The summed E-state index contributed by atoms with van der Waals surface area (Å²) >= 11 is 0. The topological polar surface area (TPSA) is 90.0 Å². The number of aromatic nitrogens is 2. The van der Waals surface area contributed by atoms with Crippen molar-refractivity contribution in [3.63, 3.8) is 0 Å². The third-order valence-electron chi connectivity index (χ3n) is 3.91. The van der Waals surface area contributed by atoms with Crippen LogP contribution in [-0.4, -0.2) is 24.5 Å². The van der Waals surface area contributed by atoms with Gasteiger partial charge in [0.1, 0.15) is 0 Å². The van der Waals surface area contributed by atoms with Gasteiger partial charge in [0, 0.05) is 13.6 Å². The summed E-state index contributed by atoms with van der Waals surface area (Å²) in [4.78, 5) is 3.82. The summed E-state index contributed by atoms with van der Waals surface area (Å²) in [6.07, 6.45) is 7.13. The van der Waals surface area contributed by atoms with Gasteiger partial charge in [-0.1, -0.05) is 26.2 Å². The van der Waals surface area contributed by atoms with E-state index in [0.717, 1.165) is 12.8 Å². The number of nitrogens with zero attached hydrogens (tertiary/aromatic N) is 2. The van der Waals surface area contributed by atoms with Crippen LogP contribution in [0.1, 0.15) is 39.0 Å². The fourth-order valence-corrected chi connectivity index (χ4v) is 4.11. The molecular weight excluding hydrogens is 264 g/mol. The van der Waals surface area contributed by atoms with Gasteiger partial charge in [0.25, 0.3) is 10.0 Å². The first-order chi connectivity index (χ1) is 8.84. The van der Waals surface area contributed by atoms with Crippen molar-refractivity contribution < 1.29 is 8.42 Å². The van der Waals surface area contributed by atoms with Crippen molar-refractivity contribution >= 4 is 15.8 Å². The van der Waals surface area contributed by atoms with Gasteiger partial charge in [0.2, 0.25) is 0 Å². The van der Waals surface area contributed by atoms with E-state index in [1.807, 2.05) is 0 Å². The smallest absolute Gasteiger partial charge is 0.260 e. The summed E-state index contributed by atoms with van der Waals surface area (Å²) < 4.78 is 28.7. The largest absolute Gasteiger partial charge is 0.381 e. The number of nitrogens with two attached hydrogens (primary N) is 1. The highest BCUT2D eigenvalue weighted by Crippen LogP contribution is 2.35. The Labute approximate surface area is 114 Å².